The van der Waals surface area contributed by atoms with Gasteiger partial charge in [-0.05, 0) is 29.8 Å². The van der Waals surface area contributed by atoms with Gasteiger partial charge in [-0.3, -0.25) is 0 Å². The number of carbonyl (C=O) groups excluding carboxylic acids is 1. The van der Waals surface area contributed by atoms with Gasteiger partial charge in [-0.25, -0.2) is 4.79 Å². The van der Waals surface area contributed by atoms with E-state index in [0.717, 1.165) is 4.88 Å². The Hall–Kier alpha value is -1.92. The van der Waals surface area contributed by atoms with Crippen LogP contribution in [0.15, 0.2) is 29.6 Å². The van der Waals surface area contributed by atoms with E-state index in [4.69, 9.17) is 22.1 Å². The molecule has 3 rings (SSSR count). The molecule has 5 unspecified atom stereocenters. The fourth-order valence-electron chi connectivity index (χ4n) is 3.11. The van der Waals surface area contributed by atoms with E-state index in [2.05, 4.69) is 5.32 Å². The van der Waals surface area contributed by atoms with Crippen LogP contribution in [0, 0.1) is 5.92 Å². The molecule has 1 aliphatic rings. The number of nitrogens with two attached hydrogens (primary N) is 1. The first-order chi connectivity index (χ1) is 13.2. The van der Waals surface area contributed by atoms with Crippen LogP contribution in [0.2, 0.25) is 5.02 Å². The summed E-state index contributed by atoms with van der Waals surface area (Å²) in [6.45, 7) is -0.651. The summed E-state index contributed by atoms with van der Waals surface area (Å²) in [4.78, 5) is 11.7. The van der Waals surface area contributed by atoms with Gasteiger partial charge in [0.25, 0.3) is 0 Å². The van der Waals surface area contributed by atoms with Crippen LogP contribution in [0.4, 0.5) is 10.5 Å². The van der Waals surface area contributed by atoms with E-state index >= 15 is 0 Å². The molecule has 8 N–H and O–H groups in total. The molecular weight excluding hydrogens is 412 g/mol. The summed E-state index contributed by atoms with van der Waals surface area (Å²) >= 11 is 7.54. The van der Waals surface area contributed by atoms with Crippen LogP contribution in [-0.2, 0) is 0 Å². The summed E-state index contributed by atoms with van der Waals surface area (Å²) in [5.74, 6) is -1.14. The maximum absolute atomic E-state index is 10.9. The number of rotatable bonds is 6. The zero-order valence-corrected chi connectivity index (χ0v) is 15.9. The first kappa shape index (κ1) is 20.8. The number of anilines is 1. The van der Waals surface area contributed by atoms with Crippen LogP contribution >= 0.6 is 22.9 Å². The first-order valence-electron chi connectivity index (χ1n) is 8.17. The number of carbonyl (C=O) groups is 1. The minimum absolute atomic E-state index is 0.0312. The smallest absolute Gasteiger partial charge is 0.316 e. The van der Waals surface area contributed by atoms with Gasteiger partial charge in [-0.15, -0.1) is 11.3 Å². The van der Waals surface area contributed by atoms with Crippen LogP contribution in [0.25, 0.3) is 10.4 Å². The molecule has 2 amide bonds. The quantitative estimate of drug-likeness (QED) is 0.324. The molecule has 0 bridgehead atoms. The van der Waals surface area contributed by atoms with Crippen molar-refractivity contribution in [3.05, 3.63) is 34.7 Å². The van der Waals surface area contributed by atoms with Crippen molar-refractivity contribution < 1.29 is 35.1 Å². The molecule has 0 aliphatic heterocycles. The topological polar surface area (TPSA) is 166 Å². The van der Waals surface area contributed by atoms with E-state index in [1.165, 1.54) is 17.4 Å². The van der Waals surface area contributed by atoms with Gasteiger partial charge < -0.3 is 41.3 Å². The van der Waals surface area contributed by atoms with Crippen molar-refractivity contribution in [2.75, 3.05) is 11.9 Å². The molecule has 9 nitrogen and oxygen atoms in total. The van der Waals surface area contributed by atoms with Gasteiger partial charge in [-0.1, -0.05) is 11.6 Å². The van der Waals surface area contributed by atoms with Crippen molar-refractivity contribution in [3.63, 3.8) is 0 Å². The number of aliphatic hydroxyl groups is 5. The lowest BCUT2D eigenvalue weighted by atomic mass is 9.64. The Morgan fingerprint density at radius 2 is 2.11 bits per heavy atom. The summed E-state index contributed by atoms with van der Waals surface area (Å²) in [6, 6.07) is 5.69. The highest BCUT2D eigenvalue weighted by Gasteiger charge is 2.65. The van der Waals surface area contributed by atoms with E-state index in [9.17, 15) is 30.3 Å². The van der Waals surface area contributed by atoms with E-state index in [1.807, 2.05) is 0 Å². The van der Waals surface area contributed by atoms with Crippen LogP contribution in [0.3, 0.4) is 0 Å². The lowest BCUT2D eigenvalue weighted by Crippen LogP contribution is -2.76. The first-order valence-corrected chi connectivity index (χ1v) is 9.43. The van der Waals surface area contributed by atoms with Gasteiger partial charge in [0, 0.05) is 16.2 Å². The second-order valence-corrected chi connectivity index (χ2v) is 7.73. The van der Waals surface area contributed by atoms with Gasteiger partial charge >= 0.3 is 6.03 Å². The fraction of sp³-hybridized carbons (Fsp3) is 0.353. The zero-order chi connectivity index (χ0) is 20.6. The maximum Gasteiger partial charge on any atom is 0.316 e. The van der Waals surface area contributed by atoms with Gasteiger partial charge in [0.1, 0.15) is 11.9 Å². The average Bonchev–Trinajstić information content (AvgIpc) is 3.10. The third-order valence-electron chi connectivity index (χ3n) is 4.72. The number of urea groups is 1. The molecule has 28 heavy (non-hydrogen) atoms. The fourth-order valence-corrected chi connectivity index (χ4v) is 4.18. The van der Waals surface area contributed by atoms with Gasteiger partial charge in [0.15, 0.2) is 5.60 Å². The second kappa shape index (κ2) is 7.84. The Labute approximate surface area is 168 Å². The molecule has 2 aromatic rings. The zero-order valence-electron chi connectivity index (χ0n) is 14.3. The molecule has 5 atom stereocenters. The predicted octanol–water partition coefficient (Wildman–Crippen LogP) is 0.331. The van der Waals surface area contributed by atoms with Gasteiger partial charge in [0.2, 0.25) is 6.29 Å². The predicted molar refractivity (Wildman–Crippen MR) is 102 cm³/mol. The van der Waals surface area contributed by atoms with Gasteiger partial charge in [-0.2, -0.15) is 0 Å². The van der Waals surface area contributed by atoms with Crippen LogP contribution in [0.1, 0.15) is 0 Å². The molecule has 1 saturated carbocycles. The molecule has 152 valence electrons. The van der Waals surface area contributed by atoms with E-state index in [0.29, 0.717) is 11.3 Å². The van der Waals surface area contributed by atoms with Crippen LogP contribution in [-0.4, -0.2) is 62.3 Å². The monoisotopic (exact) mass is 430 g/mol. The van der Waals surface area contributed by atoms with E-state index in [1.54, 1.807) is 23.6 Å². The third kappa shape index (κ3) is 3.55. The molecule has 0 radical (unpaired) electrons. The van der Waals surface area contributed by atoms with Crippen LogP contribution < -0.4 is 15.8 Å². The second-order valence-electron chi connectivity index (χ2n) is 6.42. The highest BCUT2D eigenvalue weighted by Crippen LogP contribution is 2.43. The minimum atomic E-state index is -2.24. The largest absolute Gasteiger partial charge is 0.460 e. The average molecular weight is 431 g/mol. The molecule has 11 heteroatoms. The molecule has 1 aromatic heterocycles. The van der Waals surface area contributed by atoms with E-state index < -0.39 is 42.7 Å². The summed E-state index contributed by atoms with van der Waals surface area (Å²) < 4.78 is 5.27. The lowest BCUT2D eigenvalue weighted by Gasteiger charge is -2.53. The summed E-state index contributed by atoms with van der Waals surface area (Å²) in [5, 5.41) is 53.5. The standard InChI is InChI=1S/C17H19ClN2O7S/c18-10-3-7(12-4-8(6-28-12)20-16(19)25)1-2-11(10)27-15(24)17(26)9(5-21)13(22)14(17)23/h1-4,6,9,13-15,21-24,26H,5H2,(H3,19,20,25). The number of halogens is 1. The van der Waals surface area contributed by atoms with Crippen molar-refractivity contribution in [1.82, 2.24) is 0 Å². The number of hydrogen-bond acceptors (Lipinski definition) is 8. The Kier molecular flexibility index (Phi) is 5.82. The number of nitrogens with one attached hydrogen (secondary N) is 1. The number of primary amides is 1. The van der Waals surface area contributed by atoms with Crippen molar-refractivity contribution in [2.45, 2.75) is 24.1 Å². The minimum Gasteiger partial charge on any atom is -0.460 e. The molecule has 0 saturated heterocycles. The number of aliphatic hydroxyl groups excluding tert-OH is 4. The van der Waals surface area contributed by atoms with Crippen molar-refractivity contribution in [3.8, 4) is 16.2 Å². The van der Waals surface area contributed by atoms with Crippen molar-refractivity contribution in [1.29, 1.82) is 0 Å². The SMILES string of the molecule is NC(=O)Nc1csc(-c2ccc(OC(O)C3(O)C(O)C(O)C3CO)c(Cl)c2)c1. The van der Waals surface area contributed by atoms with Gasteiger partial charge in [0.05, 0.1) is 23.4 Å². The van der Waals surface area contributed by atoms with Crippen molar-refractivity contribution in [2.24, 2.45) is 11.7 Å². The maximum atomic E-state index is 10.9. The molecular formula is C17H19ClN2O7S. The Bertz CT molecular complexity index is 879. The lowest BCUT2D eigenvalue weighted by molar-refractivity contribution is -0.332. The Morgan fingerprint density at radius 1 is 1.39 bits per heavy atom. The molecule has 1 aromatic carbocycles. The number of amides is 2. The van der Waals surface area contributed by atoms with E-state index in [-0.39, 0.29) is 10.8 Å². The number of thiophene rings is 1. The Balaban J connectivity index is 1.76. The number of benzene rings is 1. The number of ether oxygens (including phenoxy) is 1. The summed E-state index contributed by atoms with van der Waals surface area (Å²) in [7, 11) is 0. The normalized spacial score (nSPS) is 27.7. The Morgan fingerprint density at radius 3 is 2.71 bits per heavy atom. The summed E-state index contributed by atoms with van der Waals surface area (Å²) in [5.41, 5.74) is 4.08. The molecule has 1 fully saturated rings. The molecule has 1 heterocycles. The summed E-state index contributed by atoms with van der Waals surface area (Å²) in [6.07, 6.45) is -4.99. The van der Waals surface area contributed by atoms with Crippen LogP contribution in [0.5, 0.6) is 5.75 Å². The highest BCUT2D eigenvalue weighted by molar-refractivity contribution is 7.14. The third-order valence-corrected chi connectivity index (χ3v) is 5.99. The molecule has 0 spiro atoms. The molecule has 1 aliphatic carbocycles. The number of hydrogen-bond donors (Lipinski definition) is 7. The highest BCUT2D eigenvalue weighted by atomic mass is 35.5. The van der Waals surface area contributed by atoms with Crippen molar-refractivity contribution >= 4 is 34.7 Å².